The maximum Gasteiger partial charge on any atom is 0.161 e. The van der Waals surface area contributed by atoms with E-state index in [9.17, 15) is 0 Å². The number of benzene rings is 2. The number of rotatable bonds is 6. The second-order valence-corrected chi connectivity index (χ2v) is 6.90. The van der Waals surface area contributed by atoms with Gasteiger partial charge in [0.1, 0.15) is 6.61 Å². The molecule has 5 heteroatoms. The number of hydrogen-bond donors (Lipinski definition) is 1. The molecule has 1 aliphatic rings. The van der Waals surface area contributed by atoms with Gasteiger partial charge in [-0.1, -0.05) is 50.3 Å². The predicted octanol–water partition coefficient (Wildman–Crippen LogP) is 4.93. The molecule has 30 heavy (non-hydrogen) atoms. The van der Waals surface area contributed by atoms with Gasteiger partial charge in [0, 0.05) is 19.8 Å². The Morgan fingerprint density at radius 2 is 1.93 bits per heavy atom. The van der Waals surface area contributed by atoms with Crippen LogP contribution in [0.5, 0.6) is 11.5 Å². The first-order chi connectivity index (χ1) is 14.7. The summed E-state index contributed by atoms with van der Waals surface area (Å²) in [6.45, 7) is 5.45. The molecule has 0 saturated heterocycles. The quantitative estimate of drug-likeness (QED) is 0.631. The molecule has 0 bridgehead atoms. The van der Waals surface area contributed by atoms with Gasteiger partial charge in [-0.25, -0.2) is 0 Å². The Labute approximate surface area is 179 Å². The van der Waals surface area contributed by atoms with Crippen molar-refractivity contribution in [2.24, 2.45) is 7.05 Å². The Balaban J connectivity index is 0.00000124. The SMILES string of the molecule is CC.COc1cc2c(cc1OCc1ccccc1)CCNC2/C=C/c1ccnn1C. The molecule has 0 spiro atoms. The number of aromatic nitrogens is 2. The molecule has 5 nitrogen and oxygen atoms in total. The van der Waals surface area contributed by atoms with E-state index >= 15 is 0 Å². The minimum absolute atomic E-state index is 0.135. The van der Waals surface area contributed by atoms with Crippen molar-refractivity contribution in [1.82, 2.24) is 15.1 Å². The Kier molecular flexibility index (Phi) is 7.69. The van der Waals surface area contributed by atoms with Crippen molar-refractivity contribution in [1.29, 1.82) is 0 Å². The zero-order chi connectivity index (χ0) is 21.3. The molecule has 0 aliphatic carbocycles. The zero-order valence-electron chi connectivity index (χ0n) is 18.3. The molecule has 1 aliphatic heterocycles. The fourth-order valence-electron chi connectivity index (χ4n) is 3.52. The number of aryl methyl sites for hydroxylation is 1. The lowest BCUT2D eigenvalue weighted by molar-refractivity contribution is 0.283. The molecule has 0 radical (unpaired) electrons. The molecule has 2 heterocycles. The van der Waals surface area contributed by atoms with Crippen LogP contribution in [0.1, 0.15) is 42.3 Å². The van der Waals surface area contributed by atoms with Crippen molar-refractivity contribution in [3.8, 4) is 11.5 Å². The lowest BCUT2D eigenvalue weighted by Crippen LogP contribution is -2.28. The minimum atomic E-state index is 0.135. The van der Waals surface area contributed by atoms with Gasteiger partial charge in [0.05, 0.1) is 18.8 Å². The van der Waals surface area contributed by atoms with E-state index in [2.05, 4.69) is 46.8 Å². The first-order valence-corrected chi connectivity index (χ1v) is 10.5. The van der Waals surface area contributed by atoms with E-state index in [0.717, 1.165) is 35.7 Å². The van der Waals surface area contributed by atoms with Gasteiger partial charge in [0.15, 0.2) is 11.5 Å². The van der Waals surface area contributed by atoms with Crippen molar-refractivity contribution < 1.29 is 9.47 Å². The van der Waals surface area contributed by atoms with Gasteiger partial charge < -0.3 is 14.8 Å². The van der Waals surface area contributed by atoms with Crippen LogP contribution < -0.4 is 14.8 Å². The van der Waals surface area contributed by atoms with Crippen LogP contribution >= 0.6 is 0 Å². The first-order valence-electron chi connectivity index (χ1n) is 10.5. The molecular weight excluding hydrogens is 374 g/mol. The fraction of sp³-hybridized carbons (Fsp3) is 0.320. The highest BCUT2D eigenvalue weighted by Gasteiger charge is 2.21. The van der Waals surface area contributed by atoms with E-state index in [0.29, 0.717) is 6.61 Å². The largest absolute Gasteiger partial charge is 0.493 e. The number of hydrogen-bond acceptors (Lipinski definition) is 4. The summed E-state index contributed by atoms with van der Waals surface area (Å²) in [5.41, 5.74) is 4.74. The maximum atomic E-state index is 6.07. The molecule has 1 unspecified atom stereocenters. The molecule has 2 aromatic carbocycles. The molecule has 158 valence electrons. The predicted molar refractivity (Wildman–Crippen MR) is 122 cm³/mol. The molecule has 0 saturated carbocycles. The average molecular weight is 406 g/mol. The van der Waals surface area contributed by atoms with Gasteiger partial charge in [-0.2, -0.15) is 5.10 Å². The lowest BCUT2D eigenvalue weighted by atomic mass is 9.93. The van der Waals surface area contributed by atoms with Crippen LogP contribution in [0.25, 0.3) is 6.08 Å². The fourth-order valence-corrected chi connectivity index (χ4v) is 3.52. The van der Waals surface area contributed by atoms with E-state index < -0.39 is 0 Å². The molecule has 0 fully saturated rings. The highest BCUT2D eigenvalue weighted by atomic mass is 16.5. The summed E-state index contributed by atoms with van der Waals surface area (Å²) in [5, 5.41) is 7.79. The summed E-state index contributed by atoms with van der Waals surface area (Å²) < 4.78 is 13.6. The third-order valence-electron chi connectivity index (χ3n) is 5.07. The van der Waals surface area contributed by atoms with Gasteiger partial charge in [0.25, 0.3) is 0 Å². The van der Waals surface area contributed by atoms with Crippen LogP contribution in [0.4, 0.5) is 0 Å². The molecule has 3 aromatic rings. The number of methoxy groups -OCH3 is 1. The normalized spacial score (nSPS) is 15.3. The molecular formula is C25H31N3O2. The van der Waals surface area contributed by atoms with E-state index in [1.165, 1.54) is 11.1 Å². The van der Waals surface area contributed by atoms with Crippen LogP contribution in [0.2, 0.25) is 0 Å². The smallest absolute Gasteiger partial charge is 0.161 e. The lowest BCUT2D eigenvalue weighted by Gasteiger charge is -2.26. The second kappa shape index (κ2) is 10.6. The summed E-state index contributed by atoms with van der Waals surface area (Å²) in [4.78, 5) is 0. The third-order valence-corrected chi connectivity index (χ3v) is 5.07. The van der Waals surface area contributed by atoms with E-state index in [-0.39, 0.29) is 6.04 Å². The van der Waals surface area contributed by atoms with Crippen molar-refractivity contribution in [3.63, 3.8) is 0 Å². The van der Waals surface area contributed by atoms with Crippen LogP contribution in [0.15, 0.2) is 60.8 Å². The van der Waals surface area contributed by atoms with Crippen LogP contribution in [0, 0.1) is 0 Å². The van der Waals surface area contributed by atoms with Crippen LogP contribution in [0.3, 0.4) is 0 Å². The Bertz CT molecular complexity index is 964. The monoisotopic (exact) mass is 405 g/mol. The third kappa shape index (κ3) is 5.10. The highest BCUT2D eigenvalue weighted by molar-refractivity contribution is 5.53. The Hall–Kier alpha value is -3.05. The number of nitrogens with zero attached hydrogens (tertiary/aromatic N) is 2. The van der Waals surface area contributed by atoms with E-state index in [4.69, 9.17) is 9.47 Å². The summed E-state index contributed by atoms with van der Waals surface area (Å²) >= 11 is 0. The number of fused-ring (bicyclic) bond motifs is 1. The van der Waals surface area contributed by atoms with Gasteiger partial charge >= 0.3 is 0 Å². The van der Waals surface area contributed by atoms with Crippen molar-refractivity contribution >= 4 is 6.08 Å². The first kappa shape index (κ1) is 21.7. The van der Waals surface area contributed by atoms with Gasteiger partial charge in [-0.05, 0) is 47.4 Å². The minimum Gasteiger partial charge on any atom is -0.493 e. The summed E-state index contributed by atoms with van der Waals surface area (Å²) in [6.07, 6.45) is 7.06. The highest BCUT2D eigenvalue weighted by Crippen LogP contribution is 2.36. The van der Waals surface area contributed by atoms with Crippen molar-refractivity contribution in [2.45, 2.75) is 32.9 Å². The number of ether oxygens (including phenoxy) is 2. The summed E-state index contributed by atoms with van der Waals surface area (Å²) in [5.74, 6) is 1.55. The molecule has 1 N–H and O–H groups in total. The van der Waals surface area contributed by atoms with Crippen molar-refractivity contribution in [2.75, 3.05) is 13.7 Å². The van der Waals surface area contributed by atoms with E-state index in [1.807, 2.05) is 49.8 Å². The molecule has 1 atom stereocenters. The Morgan fingerprint density at radius 3 is 2.63 bits per heavy atom. The van der Waals surface area contributed by atoms with Crippen molar-refractivity contribution in [3.05, 3.63) is 83.2 Å². The van der Waals surface area contributed by atoms with E-state index in [1.54, 1.807) is 13.3 Å². The summed E-state index contributed by atoms with van der Waals surface area (Å²) in [6, 6.07) is 16.5. The van der Waals surface area contributed by atoms with Gasteiger partial charge in [-0.15, -0.1) is 0 Å². The zero-order valence-corrected chi connectivity index (χ0v) is 18.3. The van der Waals surface area contributed by atoms with Gasteiger partial charge in [0.2, 0.25) is 0 Å². The van der Waals surface area contributed by atoms with Gasteiger partial charge in [-0.3, -0.25) is 4.68 Å². The maximum absolute atomic E-state index is 6.07. The molecule has 1 aromatic heterocycles. The molecule has 4 rings (SSSR count). The molecule has 0 amide bonds. The summed E-state index contributed by atoms with van der Waals surface area (Å²) in [7, 11) is 3.63. The van der Waals surface area contributed by atoms with Crippen LogP contribution in [-0.2, 0) is 20.1 Å². The topological polar surface area (TPSA) is 48.3 Å². The average Bonchev–Trinajstić information content (AvgIpc) is 3.22. The Morgan fingerprint density at radius 1 is 1.13 bits per heavy atom. The standard InChI is InChI=1S/C23H25N3O2.C2H6/c1-26-19(11-13-25-26)8-9-21-20-15-22(27-2)23(14-18(20)10-12-24-21)28-16-17-6-4-3-5-7-17;1-2/h3-9,11,13-15,21,24H,10,12,16H2,1-2H3;1-2H3/b9-8+;. The second-order valence-electron chi connectivity index (χ2n) is 6.90. The van der Waals surface area contributed by atoms with Crippen LogP contribution in [-0.4, -0.2) is 23.4 Å². The number of nitrogens with one attached hydrogen (secondary N) is 1.